The van der Waals surface area contributed by atoms with Gasteiger partial charge in [0.2, 0.25) is 0 Å². The monoisotopic (exact) mass is 248 g/mol. The van der Waals surface area contributed by atoms with E-state index in [1.807, 2.05) is 0 Å². The highest BCUT2D eigenvalue weighted by Gasteiger charge is 2.35. The van der Waals surface area contributed by atoms with Crippen LogP contribution in [0.25, 0.3) is 0 Å². The molecule has 1 heteroatoms. The van der Waals surface area contributed by atoms with Gasteiger partial charge < -0.3 is 0 Å². The van der Waals surface area contributed by atoms with E-state index in [9.17, 15) is 0 Å². The molecule has 0 saturated carbocycles. The molecule has 94 valence electrons. The molecule has 3 atom stereocenters. The number of benzene rings is 1. The summed E-state index contributed by atoms with van der Waals surface area (Å²) in [4.78, 5) is 0. The van der Waals surface area contributed by atoms with E-state index >= 15 is 0 Å². The quantitative estimate of drug-likeness (QED) is 0.597. The van der Waals surface area contributed by atoms with E-state index in [0.717, 1.165) is 11.6 Å². The van der Waals surface area contributed by atoms with Crippen LogP contribution in [0.4, 0.5) is 0 Å². The van der Waals surface area contributed by atoms with Crippen molar-refractivity contribution in [3.63, 3.8) is 0 Å². The molecule has 1 aromatic carbocycles. The van der Waals surface area contributed by atoms with Crippen LogP contribution in [0.5, 0.6) is 0 Å². The predicted molar refractivity (Wildman–Crippen MR) is 79.4 cm³/mol. The predicted octanol–water partition coefficient (Wildman–Crippen LogP) is 5.23. The second-order valence-corrected chi connectivity index (χ2v) is 9.89. The highest BCUT2D eigenvalue weighted by molar-refractivity contribution is 7.60. The summed E-state index contributed by atoms with van der Waals surface area (Å²) in [5.74, 6) is 0.817. The lowest BCUT2D eigenvalue weighted by Crippen LogP contribution is -2.27. The van der Waals surface area contributed by atoms with Crippen LogP contribution in [0.15, 0.2) is 30.3 Å². The molecule has 0 spiro atoms. The van der Waals surface area contributed by atoms with E-state index in [4.69, 9.17) is 0 Å². The summed E-state index contributed by atoms with van der Waals surface area (Å²) in [7, 11) is 0.163. The zero-order valence-electron chi connectivity index (χ0n) is 11.6. The zero-order chi connectivity index (χ0) is 12.5. The fraction of sp³-hybridized carbons (Fsp3) is 0.625. The first-order chi connectivity index (χ1) is 7.98. The average Bonchev–Trinajstić information content (AvgIpc) is 2.29. The first-order valence-electron chi connectivity index (χ1n) is 6.80. The van der Waals surface area contributed by atoms with Gasteiger partial charge >= 0.3 is 0 Å². The van der Waals surface area contributed by atoms with Gasteiger partial charge in [-0.3, -0.25) is 0 Å². The second-order valence-electron chi connectivity index (χ2n) is 6.36. The second kappa shape index (κ2) is 5.11. The molecular formula is C16H25P. The Morgan fingerprint density at radius 2 is 1.71 bits per heavy atom. The maximum atomic E-state index is 2.47. The molecule has 1 saturated heterocycles. The van der Waals surface area contributed by atoms with Gasteiger partial charge in [-0.1, -0.05) is 65.9 Å². The fourth-order valence-corrected chi connectivity index (χ4v) is 6.60. The molecule has 1 aromatic rings. The molecule has 0 aliphatic carbocycles. The summed E-state index contributed by atoms with van der Waals surface area (Å²) in [6.07, 6.45) is 4.24. The van der Waals surface area contributed by atoms with Crippen molar-refractivity contribution in [3.05, 3.63) is 35.9 Å². The molecule has 1 aliphatic rings. The largest absolute Gasteiger partial charge is 0.0977 e. The standard InChI is InChI=1S/C16H25P/c1-13-10-11-15(12-17(13)16(2,3)4)14-8-6-5-7-9-14/h5-9,13,15H,10-12H2,1-4H3/t13-,15-,17?/m1/s1. The summed E-state index contributed by atoms with van der Waals surface area (Å²) < 4.78 is 0. The average molecular weight is 248 g/mol. The van der Waals surface area contributed by atoms with Gasteiger partial charge in [0.15, 0.2) is 0 Å². The molecule has 0 aromatic heterocycles. The number of rotatable bonds is 1. The van der Waals surface area contributed by atoms with Crippen molar-refractivity contribution in [3.8, 4) is 0 Å². The molecule has 1 unspecified atom stereocenters. The van der Waals surface area contributed by atoms with Crippen LogP contribution in [0.1, 0.15) is 52.0 Å². The summed E-state index contributed by atoms with van der Waals surface area (Å²) in [6, 6.07) is 11.1. The molecule has 0 N–H and O–H groups in total. The lowest BCUT2D eigenvalue weighted by atomic mass is 9.95. The summed E-state index contributed by atoms with van der Waals surface area (Å²) in [5.41, 5.74) is 2.51. The van der Waals surface area contributed by atoms with Crippen molar-refractivity contribution in [2.75, 3.05) is 6.16 Å². The van der Waals surface area contributed by atoms with Crippen molar-refractivity contribution < 1.29 is 0 Å². The first-order valence-corrected chi connectivity index (χ1v) is 8.40. The highest BCUT2D eigenvalue weighted by Crippen LogP contribution is 2.60. The topological polar surface area (TPSA) is 0 Å². The lowest BCUT2D eigenvalue weighted by molar-refractivity contribution is 0.586. The smallest absolute Gasteiger partial charge is 0.0122 e. The van der Waals surface area contributed by atoms with Crippen LogP contribution in [0.3, 0.4) is 0 Å². The van der Waals surface area contributed by atoms with Crippen molar-refractivity contribution in [1.29, 1.82) is 0 Å². The Balaban J connectivity index is 2.13. The van der Waals surface area contributed by atoms with E-state index in [1.54, 1.807) is 5.56 Å². The van der Waals surface area contributed by atoms with E-state index in [-0.39, 0.29) is 7.92 Å². The van der Waals surface area contributed by atoms with Gasteiger partial charge in [0, 0.05) is 0 Å². The Bertz CT molecular complexity index is 350. The van der Waals surface area contributed by atoms with Gasteiger partial charge in [0.1, 0.15) is 0 Å². The molecule has 0 amide bonds. The molecule has 0 bridgehead atoms. The van der Waals surface area contributed by atoms with Gasteiger partial charge in [-0.05, 0) is 41.3 Å². The normalized spacial score (nSPS) is 30.2. The summed E-state index contributed by atoms with van der Waals surface area (Å²) in [5, 5.41) is 0.516. The Kier molecular flexibility index (Phi) is 3.93. The lowest BCUT2D eigenvalue weighted by Gasteiger charge is -2.43. The van der Waals surface area contributed by atoms with E-state index in [0.29, 0.717) is 5.16 Å². The van der Waals surface area contributed by atoms with Crippen molar-refractivity contribution >= 4 is 7.92 Å². The molecular weight excluding hydrogens is 223 g/mol. The van der Waals surface area contributed by atoms with Crippen LogP contribution in [0.2, 0.25) is 0 Å². The Morgan fingerprint density at radius 1 is 1.06 bits per heavy atom. The van der Waals surface area contributed by atoms with Gasteiger partial charge in [-0.2, -0.15) is 0 Å². The van der Waals surface area contributed by atoms with Crippen LogP contribution in [-0.4, -0.2) is 17.0 Å². The minimum absolute atomic E-state index is 0.163. The Labute approximate surface area is 108 Å². The van der Waals surface area contributed by atoms with Crippen molar-refractivity contribution in [2.45, 2.75) is 57.3 Å². The van der Waals surface area contributed by atoms with Crippen LogP contribution in [-0.2, 0) is 0 Å². The molecule has 0 radical (unpaired) electrons. The SMILES string of the molecule is C[C@@H]1CC[C@@H](c2ccccc2)CP1C(C)(C)C. The van der Waals surface area contributed by atoms with Crippen molar-refractivity contribution in [2.24, 2.45) is 0 Å². The van der Waals surface area contributed by atoms with E-state index < -0.39 is 0 Å². The van der Waals surface area contributed by atoms with Gasteiger partial charge in [0.05, 0.1) is 0 Å². The zero-order valence-corrected chi connectivity index (χ0v) is 12.5. The molecule has 17 heavy (non-hydrogen) atoms. The Morgan fingerprint density at radius 3 is 2.29 bits per heavy atom. The molecule has 2 rings (SSSR count). The third kappa shape index (κ3) is 3.10. The molecule has 1 fully saturated rings. The minimum Gasteiger partial charge on any atom is -0.0977 e. The van der Waals surface area contributed by atoms with Crippen LogP contribution in [0, 0.1) is 0 Å². The maximum absolute atomic E-state index is 2.47. The van der Waals surface area contributed by atoms with Gasteiger partial charge in [-0.15, -0.1) is 0 Å². The van der Waals surface area contributed by atoms with Gasteiger partial charge in [-0.25, -0.2) is 0 Å². The third-order valence-corrected chi connectivity index (χ3v) is 7.89. The number of hydrogen-bond acceptors (Lipinski definition) is 0. The summed E-state index contributed by atoms with van der Waals surface area (Å²) in [6.45, 7) is 9.77. The molecule has 1 aliphatic heterocycles. The highest BCUT2D eigenvalue weighted by atomic mass is 31.1. The van der Waals surface area contributed by atoms with E-state index in [2.05, 4.69) is 58.0 Å². The third-order valence-electron chi connectivity index (χ3n) is 4.01. The summed E-state index contributed by atoms with van der Waals surface area (Å²) >= 11 is 0. The maximum Gasteiger partial charge on any atom is -0.0122 e. The van der Waals surface area contributed by atoms with Crippen LogP contribution >= 0.6 is 7.92 Å². The Hall–Kier alpha value is -0.350. The minimum atomic E-state index is 0.163. The number of hydrogen-bond donors (Lipinski definition) is 0. The van der Waals surface area contributed by atoms with Crippen molar-refractivity contribution in [1.82, 2.24) is 0 Å². The van der Waals surface area contributed by atoms with Gasteiger partial charge in [0.25, 0.3) is 0 Å². The first kappa shape index (κ1) is 13.1. The fourth-order valence-electron chi connectivity index (χ4n) is 3.04. The van der Waals surface area contributed by atoms with Crippen LogP contribution < -0.4 is 0 Å². The molecule has 0 nitrogen and oxygen atoms in total. The van der Waals surface area contributed by atoms with E-state index in [1.165, 1.54) is 19.0 Å². The molecule has 1 heterocycles.